The molecule has 3 rings (SSSR count). The van der Waals surface area contributed by atoms with Gasteiger partial charge < -0.3 is 0 Å². The first-order valence-corrected chi connectivity index (χ1v) is 6.55. The first-order valence-electron chi connectivity index (χ1n) is 6.55. The van der Waals surface area contributed by atoms with Crippen molar-refractivity contribution >= 4 is 21.5 Å². The number of halogens is 2. The number of hydrogen-bond donors (Lipinski definition) is 0. The maximum Gasteiger partial charge on any atom is 0.131 e. The summed E-state index contributed by atoms with van der Waals surface area (Å²) in [4.78, 5) is 0. The third-order valence-electron chi connectivity index (χ3n) is 3.75. The Bertz CT molecular complexity index is 758. The van der Waals surface area contributed by atoms with E-state index in [1.807, 2.05) is 25.1 Å². The number of fused-ring (bicyclic) bond motifs is 2. The van der Waals surface area contributed by atoms with Crippen molar-refractivity contribution < 1.29 is 8.78 Å². The van der Waals surface area contributed by atoms with Gasteiger partial charge in [0.25, 0.3) is 0 Å². The fraction of sp³-hybridized carbons (Fsp3) is 0.111. The normalized spacial score (nSPS) is 12.8. The zero-order chi connectivity index (χ0) is 14.3. The van der Waals surface area contributed by atoms with Crippen LogP contribution >= 0.6 is 0 Å². The Morgan fingerprint density at radius 3 is 1.90 bits per heavy atom. The molecule has 3 aromatic rings. The van der Waals surface area contributed by atoms with Crippen LogP contribution in [-0.2, 0) is 0 Å². The number of allylic oxidation sites excluding steroid dienone is 1. The molecule has 0 fully saturated rings. The molecule has 0 aliphatic rings. The monoisotopic (exact) mass is 268 g/mol. The second-order valence-electron chi connectivity index (χ2n) is 4.99. The summed E-state index contributed by atoms with van der Waals surface area (Å²) in [6.45, 7) is 5.67. The van der Waals surface area contributed by atoms with Crippen LogP contribution in [0, 0.1) is 11.6 Å². The highest BCUT2D eigenvalue weighted by Crippen LogP contribution is 2.36. The maximum atomic E-state index is 14.2. The van der Waals surface area contributed by atoms with Crippen molar-refractivity contribution in [2.45, 2.75) is 12.8 Å². The lowest BCUT2D eigenvalue weighted by Crippen LogP contribution is -1.97. The minimum absolute atomic E-state index is 0.130. The van der Waals surface area contributed by atoms with Crippen LogP contribution in [0.5, 0.6) is 0 Å². The van der Waals surface area contributed by atoms with Crippen molar-refractivity contribution in [1.29, 1.82) is 0 Å². The van der Waals surface area contributed by atoms with Crippen molar-refractivity contribution in [3.8, 4) is 0 Å². The van der Waals surface area contributed by atoms with Crippen molar-refractivity contribution in [3.05, 3.63) is 72.3 Å². The van der Waals surface area contributed by atoms with Crippen molar-refractivity contribution in [3.63, 3.8) is 0 Å². The molecule has 0 N–H and O–H groups in total. The summed E-state index contributed by atoms with van der Waals surface area (Å²) in [5, 5.41) is 2.54. The van der Waals surface area contributed by atoms with Crippen LogP contribution in [0.15, 0.2) is 55.1 Å². The van der Waals surface area contributed by atoms with Gasteiger partial charge >= 0.3 is 0 Å². The van der Waals surface area contributed by atoms with Gasteiger partial charge in [-0.3, -0.25) is 0 Å². The second kappa shape index (κ2) is 4.71. The largest absolute Gasteiger partial charge is 0.206 e. The molecule has 0 spiro atoms. The molecule has 0 unspecified atom stereocenters. The predicted octanol–water partition coefficient (Wildman–Crippen LogP) is 5.56. The van der Waals surface area contributed by atoms with Crippen molar-refractivity contribution in [2.75, 3.05) is 0 Å². The molecule has 3 aromatic carbocycles. The Morgan fingerprint density at radius 1 is 0.950 bits per heavy atom. The highest BCUT2D eigenvalue weighted by Gasteiger charge is 2.17. The van der Waals surface area contributed by atoms with E-state index in [0.29, 0.717) is 16.3 Å². The Balaban J connectivity index is 2.62. The molecule has 0 saturated heterocycles. The fourth-order valence-electron chi connectivity index (χ4n) is 2.76. The Hall–Kier alpha value is -2.22. The van der Waals surface area contributed by atoms with Gasteiger partial charge in [-0.25, -0.2) is 8.78 Å². The number of rotatable bonds is 2. The summed E-state index contributed by atoms with van der Waals surface area (Å²) in [6.07, 6.45) is 1.72. The molecule has 0 radical (unpaired) electrons. The molecule has 0 amide bonds. The van der Waals surface area contributed by atoms with Gasteiger partial charge in [0.15, 0.2) is 0 Å². The molecule has 0 nitrogen and oxygen atoms in total. The zero-order valence-electron chi connectivity index (χ0n) is 11.2. The third-order valence-corrected chi connectivity index (χ3v) is 3.75. The van der Waals surface area contributed by atoms with Gasteiger partial charge in [-0.05, 0) is 34.5 Å². The molecule has 100 valence electrons. The van der Waals surface area contributed by atoms with Crippen LogP contribution in [0.4, 0.5) is 8.78 Å². The van der Waals surface area contributed by atoms with E-state index >= 15 is 0 Å². The van der Waals surface area contributed by atoms with E-state index in [0.717, 1.165) is 10.8 Å². The van der Waals surface area contributed by atoms with Gasteiger partial charge in [0, 0.05) is 16.7 Å². The molecular formula is C18H14F2. The van der Waals surface area contributed by atoms with Crippen LogP contribution < -0.4 is 0 Å². The Kier molecular flexibility index (Phi) is 3.01. The molecule has 0 aliphatic heterocycles. The van der Waals surface area contributed by atoms with E-state index in [-0.39, 0.29) is 17.6 Å². The molecule has 1 atom stereocenters. The van der Waals surface area contributed by atoms with Crippen molar-refractivity contribution in [2.24, 2.45) is 0 Å². The first kappa shape index (κ1) is 12.8. The van der Waals surface area contributed by atoms with E-state index in [2.05, 4.69) is 6.58 Å². The molecular weight excluding hydrogens is 254 g/mol. The second-order valence-corrected chi connectivity index (χ2v) is 4.99. The van der Waals surface area contributed by atoms with E-state index in [1.54, 1.807) is 18.2 Å². The summed E-state index contributed by atoms with van der Waals surface area (Å²) < 4.78 is 28.5. The Labute approximate surface area is 116 Å². The molecule has 0 heterocycles. The lowest BCUT2D eigenvalue weighted by molar-refractivity contribution is 0.634. The smallest absolute Gasteiger partial charge is 0.131 e. The minimum atomic E-state index is -0.323. The highest BCUT2D eigenvalue weighted by molar-refractivity contribution is 6.03. The molecule has 20 heavy (non-hydrogen) atoms. The van der Waals surface area contributed by atoms with E-state index in [1.165, 1.54) is 12.1 Å². The number of benzene rings is 3. The van der Waals surface area contributed by atoms with Crippen LogP contribution in [0.1, 0.15) is 18.4 Å². The average molecular weight is 268 g/mol. The SMILES string of the molecule is C=C[C@@H](C)c1c2c(F)cccc2cc2cccc(F)c12. The summed E-state index contributed by atoms with van der Waals surface area (Å²) in [5.41, 5.74) is 0.670. The van der Waals surface area contributed by atoms with E-state index in [4.69, 9.17) is 0 Å². The van der Waals surface area contributed by atoms with Crippen molar-refractivity contribution in [1.82, 2.24) is 0 Å². The van der Waals surface area contributed by atoms with Crippen LogP contribution in [0.2, 0.25) is 0 Å². The summed E-state index contributed by atoms with van der Waals surface area (Å²) in [6, 6.07) is 11.7. The maximum absolute atomic E-state index is 14.2. The lowest BCUT2D eigenvalue weighted by atomic mass is 9.89. The van der Waals surface area contributed by atoms with Gasteiger partial charge in [0.05, 0.1) is 0 Å². The topological polar surface area (TPSA) is 0 Å². The minimum Gasteiger partial charge on any atom is -0.206 e. The molecule has 0 bridgehead atoms. The average Bonchev–Trinajstić information content (AvgIpc) is 2.45. The third kappa shape index (κ3) is 1.80. The molecule has 0 saturated carbocycles. The summed E-state index contributed by atoms with van der Waals surface area (Å²) in [5.74, 6) is -0.775. The quantitative estimate of drug-likeness (QED) is 0.421. The van der Waals surface area contributed by atoms with E-state index in [9.17, 15) is 8.78 Å². The Morgan fingerprint density at radius 2 is 1.45 bits per heavy atom. The van der Waals surface area contributed by atoms with Gasteiger partial charge in [-0.2, -0.15) is 0 Å². The highest BCUT2D eigenvalue weighted by atomic mass is 19.1. The lowest BCUT2D eigenvalue weighted by Gasteiger charge is -2.16. The standard InChI is InChI=1S/C18H14F2/c1-3-11(2)16-17-12(6-4-8-14(17)19)10-13-7-5-9-15(20)18(13)16/h3-11H,1H2,2H3/t11-/m1/s1. The predicted molar refractivity (Wildman–Crippen MR) is 80.0 cm³/mol. The van der Waals surface area contributed by atoms with Gasteiger partial charge in [0.1, 0.15) is 11.6 Å². The van der Waals surface area contributed by atoms with Gasteiger partial charge in [-0.15, -0.1) is 6.58 Å². The first-order chi connectivity index (χ1) is 9.63. The van der Waals surface area contributed by atoms with Crippen LogP contribution in [0.3, 0.4) is 0 Å². The molecule has 2 heteroatoms. The summed E-state index contributed by atoms with van der Waals surface area (Å²) in [7, 11) is 0. The van der Waals surface area contributed by atoms with Crippen LogP contribution in [-0.4, -0.2) is 0 Å². The van der Waals surface area contributed by atoms with Crippen LogP contribution in [0.25, 0.3) is 21.5 Å². The van der Waals surface area contributed by atoms with Gasteiger partial charge in [0.2, 0.25) is 0 Å². The fourth-order valence-corrected chi connectivity index (χ4v) is 2.76. The number of hydrogen-bond acceptors (Lipinski definition) is 0. The van der Waals surface area contributed by atoms with E-state index < -0.39 is 0 Å². The molecule has 0 aromatic heterocycles. The summed E-state index contributed by atoms with van der Waals surface area (Å²) >= 11 is 0. The molecule has 0 aliphatic carbocycles. The zero-order valence-corrected chi connectivity index (χ0v) is 11.2. The van der Waals surface area contributed by atoms with Gasteiger partial charge in [-0.1, -0.05) is 37.3 Å².